The topological polar surface area (TPSA) is 97.3 Å². The van der Waals surface area contributed by atoms with Crippen molar-refractivity contribution in [2.45, 2.75) is 25.6 Å². The number of benzene rings is 1. The fraction of sp³-hybridized carbons (Fsp3) is 0.500. The monoisotopic (exact) mass is 307 g/mol. The molecule has 7 nitrogen and oxygen atoms in total. The summed E-state index contributed by atoms with van der Waals surface area (Å²) in [6.07, 6.45) is -1.55. The molecule has 0 aromatic heterocycles. The van der Waals surface area contributed by atoms with E-state index >= 15 is 0 Å². The first-order chi connectivity index (χ1) is 10.4. The number of hydrogen-bond donors (Lipinski definition) is 3. The standard InChI is InChI=1S/C14H18BNO6/c1-8-3-4-9-12-11(8)10(5-16-13(18)19)21-15(12)22-14(2,6-17)7-20-9/h3-4,10,16-17H,5-7H2,1-2H3,(H,18,19). The Morgan fingerprint density at radius 1 is 1.55 bits per heavy atom. The highest BCUT2D eigenvalue weighted by molar-refractivity contribution is 6.64. The summed E-state index contributed by atoms with van der Waals surface area (Å²) in [6, 6.07) is 3.76. The zero-order valence-electron chi connectivity index (χ0n) is 12.5. The Kier molecular flexibility index (Phi) is 3.76. The van der Waals surface area contributed by atoms with Crippen molar-refractivity contribution in [3.63, 3.8) is 0 Å². The first kappa shape index (κ1) is 15.1. The van der Waals surface area contributed by atoms with Gasteiger partial charge in [0.05, 0.1) is 12.7 Å². The lowest BCUT2D eigenvalue weighted by atomic mass is 9.76. The number of carbonyl (C=O) groups is 1. The Morgan fingerprint density at radius 3 is 3.00 bits per heavy atom. The minimum atomic E-state index is -1.10. The molecule has 8 heteroatoms. The van der Waals surface area contributed by atoms with Gasteiger partial charge in [0.1, 0.15) is 18.0 Å². The average molecular weight is 307 g/mol. The van der Waals surface area contributed by atoms with Gasteiger partial charge in [-0.1, -0.05) is 6.07 Å². The molecule has 0 bridgehead atoms. The third-order valence-corrected chi connectivity index (χ3v) is 4.01. The van der Waals surface area contributed by atoms with E-state index in [4.69, 9.17) is 19.2 Å². The second-order valence-electron chi connectivity index (χ2n) is 5.87. The van der Waals surface area contributed by atoms with E-state index in [0.29, 0.717) is 5.75 Å². The van der Waals surface area contributed by atoms with Crippen LogP contribution < -0.4 is 15.5 Å². The first-order valence-electron chi connectivity index (χ1n) is 7.10. The van der Waals surface area contributed by atoms with Crippen LogP contribution in [0.4, 0.5) is 4.79 Å². The van der Waals surface area contributed by atoms with Gasteiger partial charge in [0.25, 0.3) is 0 Å². The van der Waals surface area contributed by atoms with Crippen LogP contribution in [-0.4, -0.2) is 48.8 Å². The maximum absolute atomic E-state index is 10.7. The van der Waals surface area contributed by atoms with Crippen molar-refractivity contribution < 1.29 is 29.1 Å². The second kappa shape index (κ2) is 5.46. The van der Waals surface area contributed by atoms with E-state index in [1.165, 1.54) is 0 Å². The van der Waals surface area contributed by atoms with E-state index in [1.807, 2.05) is 19.1 Å². The molecule has 1 amide bonds. The molecule has 0 radical (unpaired) electrons. The van der Waals surface area contributed by atoms with Crippen molar-refractivity contribution in [2.24, 2.45) is 0 Å². The van der Waals surface area contributed by atoms with E-state index in [0.717, 1.165) is 16.6 Å². The van der Waals surface area contributed by atoms with E-state index in [1.54, 1.807) is 6.92 Å². The number of aliphatic hydroxyl groups is 1. The molecule has 0 saturated heterocycles. The summed E-state index contributed by atoms with van der Waals surface area (Å²) in [5, 5.41) is 20.7. The van der Waals surface area contributed by atoms with Gasteiger partial charge in [-0.25, -0.2) is 4.79 Å². The molecule has 2 aliphatic heterocycles. The number of rotatable bonds is 3. The molecule has 2 aliphatic rings. The summed E-state index contributed by atoms with van der Waals surface area (Å²) >= 11 is 0. The van der Waals surface area contributed by atoms with Gasteiger partial charge in [-0.3, -0.25) is 0 Å². The number of carboxylic acid groups (broad SMARTS) is 1. The number of aryl methyl sites for hydroxylation is 1. The van der Waals surface area contributed by atoms with Crippen molar-refractivity contribution in [3.05, 3.63) is 23.3 Å². The summed E-state index contributed by atoms with van der Waals surface area (Å²) < 4.78 is 17.6. The Labute approximate surface area is 128 Å². The van der Waals surface area contributed by atoms with Gasteiger partial charge < -0.3 is 29.6 Å². The van der Waals surface area contributed by atoms with Gasteiger partial charge in [0.15, 0.2) is 0 Å². The number of amides is 1. The minimum Gasteiger partial charge on any atom is -0.491 e. The molecule has 0 aliphatic carbocycles. The number of nitrogens with one attached hydrogen (secondary N) is 1. The van der Waals surface area contributed by atoms with Crippen LogP contribution in [0.25, 0.3) is 0 Å². The molecule has 0 fully saturated rings. The van der Waals surface area contributed by atoms with E-state index in [2.05, 4.69) is 5.32 Å². The Hall–Kier alpha value is -1.77. The molecule has 3 rings (SSSR count). The third kappa shape index (κ3) is 2.53. The van der Waals surface area contributed by atoms with Crippen molar-refractivity contribution in [1.29, 1.82) is 0 Å². The molecule has 2 atom stereocenters. The predicted molar refractivity (Wildman–Crippen MR) is 78.5 cm³/mol. The Balaban J connectivity index is 1.98. The van der Waals surface area contributed by atoms with E-state index < -0.39 is 24.9 Å². The van der Waals surface area contributed by atoms with Crippen LogP contribution in [-0.2, 0) is 9.31 Å². The molecule has 2 heterocycles. The fourth-order valence-corrected chi connectivity index (χ4v) is 2.83. The molecule has 22 heavy (non-hydrogen) atoms. The van der Waals surface area contributed by atoms with Gasteiger partial charge in [-0.05, 0) is 31.0 Å². The maximum atomic E-state index is 10.7. The van der Waals surface area contributed by atoms with Gasteiger partial charge in [0, 0.05) is 12.0 Å². The molecule has 0 saturated carbocycles. The molecule has 118 valence electrons. The number of aliphatic hydroxyl groups excluding tert-OH is 1. The highest BCUT2D eigenvalue weighted by atomic mass is 16.6. The largest absolute Gasteiger partial charge is 0.499 e. The lowest BCUT2D eigenvalue weighted by Gasteiger charge is -2.27. The molecule has 3 N–H and O–H groups in total. The molecule has 2 unspecified atom stereocenters. The van der Waals surface area contributed by atoms with Crippen molar-refractivity contribution in [1.82, 2.24) is 5.32 Å². The predicted octanol–water partition coefficient (Wildman–Crippen LogP) is 0.189. The van der Waals surface area contributed by atoms with E-state index in [-0.39, 0.29) is 19.8 Å². The lowest BCUT2D eigenvalue weighted by molar-refractivity contribution is -0.0268. The highest BCUT2D eigenvalue weighted by Crippen LogP contribution is 2.34. The normalized spacial score (nSPS) is 26.1. The lowest BCUT2D eigenvalue weighted by Crippen LogP contribution is -2.45. The average Bonchev–Trinajstić information content (AvgIpc) is 2.77. The van der Waals surface area contributed by atoms with Gasteiger partial charge in [0.2, 0.25) is 0 Å². The van der Waals surface area contributed by atoms with Gasteiger partial charge in [-0.2, -0.15) is 0 Å². The van der Waals surface area contributed by atoms with Crippen LogP contribution in [0.15, 0.2) is 12.1 Å². The van der Waals surface area contributed by atoms with Crippen molar-refractivity contribution in [3.8, 4) is 5.75 Å². The number of ether oxygens (including phenoxy) is 1. The zero-order valence-corrected chi connectivity index (χ0v) is 12.5. The smallest absolute Gasteiger partial charge is 0.491 e. The van der Waals surface area contributed by atoms with Crippen LogP contribution in [0.2, 0.25) is 0 Å². The van der Waals surface area contributed by atoms with Crippen LogP contribution in [0.1, 0.15) is 24.2 Å². The molecule has 0 spiro atoms. The Bertz CT molecular complexity index is 609. The third-order valence-electron chi connectivity index (χ3n) is 4.01. The number of hydrogen-bond acceptors (Lipinski definition) is 5. The first-order valence-corrected chi connectivity index (χ1v) is 7.10. The quantitative estimate of drug-likeness (QED) is 0.690. The molecular weight excluding hydrogens is 289 g/mol. The second-order valence-corrected chi connectivity index (χ2v) is 5.87. The summed E-state index contributed by atoms with van der Waals surface area (Å²) in [5.74, 6) is 0.653. The van der Waals surface area contributed by atoms with Crippen LogP contribution in [0, 0.1) is 6.92 Å². The molecular formula is C14H18BNO6. The fourth-order valence-electron chi connectivity index (χ4n) is 2.83. The minimum absolute atomic E-state index is 0.127. The SMILES string of the molecule is Cc1ccc2c3c1C(CNC(=O)O)OB3OC(C)(CO)CO2. The van der Waals surface area contributed by atoms with Crippen LogP contribution in [0.3, 0.4) is 0 Å². The Morgan fingerprint density at radius 2 is 2.32 bits per heavy atom. The molecule has 1 aromatic carbocycles. The van der Waals surface area contributed by atoms with Crippen LogP contribution in [0.5, 0.6) is 5.75 Å². The molecule has 1 aromatic rings. The highest BCUT2D eigenvalue weighted by Gasteiger charge is 2.47. The zero-order chi connectivity index (χ0) is 15.9. The maximum Gasteiger partial charge on any atom is 0.499 e. The summed E-state index contributed by atoms with van der Waals surface area (Å²) in [6.45, 7) is 3.83. The van der Waals surface area contributed by atoms with Crippen LogP contribution >= 0.6 is 0 Å². The van der Waals surface area contributed by atoms with Crippen molar-refractivity contribution in [2.75, 3.05) is 19.8 Å². The summed E-state index contributed by atoms with van der Waals surface area (Å²) in [7, 11) is -0.676. The summed E-state index contributed by atoms with van der Waals surface area (Å²) in [4.78, 5) is 10.7. The van der Waals surface area contributed by atoms with E-state index in [9.17, 15) is 9.90 Å². The summed E-state index contributed by atoms with van der Waals surface area (Å²) in [5.41, 5.74) is 1.79. The van der Waals surface area contributed by atoms with Crippen molar-refractivity contribution >= 4 is 18.7 Å². The van der Waals surface area contributed by atoms with Gasteiger partial charge in [-0.15, -0.1) is 0 Å². The van der Waals surface area contributed by atoms with Gasteiger partial charge >= 0.3 is 13.2 Å².